The number of amides is 1. The Labute approximate surface area is 171 Å². The van der Waals surface area contributed by atoms with Crippen LogP contribution in [0.15, 0.2) is 4.99 Å². The number of carbonyl (C=O) groups excluding carboxylic acids is 1. The minimum Gasteiger partial charge on any atom is -0.357 e. The van der Waals surface area contributed by atoms with Crippen molar-refractivity contribution in [2.24, 2.45) is 10.9 Å². The van der Waals surface area contributed by atoms with Crippen molar-refractivity contribution in [3.63, 3.8) is 0 Å². The monoisotopic (exact) mass is 467 g/mol. The van der Waals surface area contributed by atoms with Crippen LogP contribution in [0.3, 0.4) is 0 Å². The van der Waals surface area contributed by atoms with Gasteiger partial charge in [0.15, 0.2) is 5.96 Å². The lowest BCUT2D eigenvalue weighted by atomic mass is 10.1. The standard InChI is InChI=1S/C18H37N5O.HI/c1-4-19-18(22-14-13-20-17(24)16-10-11-16)21-12-8-6-5-7-9-15-23(2)3;/h16H,4-15H2,1-3H3,(H,20,24)(H2,19,21,22);1H. The maximum atomic E-state index is 11.5. The third-order valence-corrected chi connectivity index (χ3v) is 4.04. The average Bonchev–Trinajstić information content (AvgIpc) is 3.38. The van der Waals surface area contributed by atoms with Crippen LogP contribution in [-0.4, -0.2) is 63.6 Å². The van der Waals surface area contributed by atoms with E-state index >= 15 is 0 Å². The maximum absolute atomic E-state index is 11.5. The van der Waals surface area contributed by atoms with E-state index in [1.165, 1.54) is 32.2 Å². The number of nitrogens with one attached hydrogen (secondary N) is 3. The second-order valence-corrected chi connectivity index (χ2v) is 6.82. The largest absolute Gasteiger partial charge is 0.357 e. The van der Waals surface area contributed by atoms with E-state index in [-0.39, 0.29) is 35.8 Å². The number of guanidine groups is 1. The van der Waals surface area contributed by atoms with Crippen LogP contribution in [0, 0.1) is 5.92 Å². The molecule has 25 heavy (non-hydrogen) atoms. The van der Waals surface area contributed by atoms with Gasteiger partial charge in [-0.3, -0.25) is 9.79 Å². The minimum atomic E-state index is 0. The number of rotatable bonds is 13. The zero-order valence-electron chi connectivity index (χ0n) is 16.3. The Morgan fingerprint density at radius 2 is 1.64 bits per heavy atom. The van der Waals surface area contributed by atoms with Gasteiger partial charge in [-0.25, -0.2) is 0 Å². The first-order valence-corrected chi connectivity index (χ1v) is 9.58. The predicted molar refractivity (Wildman–Crippen MR) is 117 cm³/mol. The number of aliphatic imine (C=N–C) groups is 1. The van der Waals surface area contributed by atoms with Gasteiger partial charge >= 0.3 is 0 Å². The zero-order valence-corrected chi connectivity index (χ0v) is 18.6. The van der Waals surface area contributed by atoms with Crippen molar-refractivity contribution < 1.29 is 4.79 Å². The van der Waals surface area contributed by atoms with Crippen LogP contribution >= 0.6 is 24.0 Å². The van der Waals surface area contributed by atoms with Crippen molar-refractivity contribution in [1.82, 2.24) is 20.9 Å². The zero-order chi connectivity index (χ0) is 17.6. The molecule has 0 bridgehead atoms. The van der Waals surface area contributed by atoms with Crippen molar-refractivity contribution in [3.05, 3.63) is 0 Å². The first-order valence-electron chi connectivity index (χ1n) is 9.58. The van der Waals surface area contributed by atoms with E-state index in [9.17, 15) is 4.79 Å². The van der Waals surface area contributed by atoms with Gasteiger partial charge in [0.05, 0.1) is 0 Å². The van der Waals surface area contributed by atoms with Gasteiger partial charge in [0, 0.05) is 32.1 Å². The Balaban J connectivity index is 0.00000576. The number of nitrogens with zero attached hydrogens (tertiary/aromatic N) is 2. The third kappa shape index (κ3) is 14.3. The van der Waals surface area contributed by atoms with Crippen LogP contribution in [0.4, 0.5) is 0 Å². The van der Waals surface area contributed by atoms with E-state index in [1.54, 1.807) is 0 Å². The molecule has 0 atom stereocenters. The van der Waals surface area contributed by atoms with Crippen LogP contribution in [0.2, 0.25) is 0 Å². The normalized spacial score (nSPS) is 14.2. The van der Waals surface area contributed by atoms with E-state index in [0.717, 1.165) is 44.9 Å². The topological polar surface area (TPSA) is 68.8 Å². The molecule has 0 aliphatic heterocycles. The number of carbonyl (C=O) groups is 1. The fourth-order valence-corrected chi connectivity index (χ4v) is 2.46. The Morgan fingerprint density at radius 1 is 1.00 bits per heavy atom. The Bertz CT molecular complexity index is 372. The summed E-state index contributed by atoms with van der Waals surface area (Å²) in [4.78, 5) is 18.4. The highest BCUT2D eigenvalue weighted by molar-refractivity contribution is 14.0. The van der Waals surface area contributed by atoms with Gasteiger partial charge in [-0.2, -0.15) is 0 Å². The number of hydrogen-bond donors (Lipinski definition) is 3. The summed E-state index contributed by atoms with van der Waals surface area (Å²) in [5.41, 5.74) is 0. The number of halogens is 1. The molecule has 0 heterocycles. The van der Waals surface area contributed by atoms with Gasteiger partial charge < -0.3 is 20.9 Å². The maximum Gasteiger partial charge on any atom is 0.223 e. The molecular formula is C18H38IN5O. The second kappa shape index (κ2) is 15.7. The summed E-state index contributed by atoms with van der Waals surface area (Å²) in [7, 11) is 4.25. The lowest BCUT2D eigenvalue weighted by molar-refractivity contribution is -0.122. The Kier molecular flexibility index (Phi) is 15.3. The molecule has 148 valence electrons. The quantitative estimate of drug-likeness (QED) is 0.168. The molecule has 1 amide bonds. The van der Waals surface area contributed by atoms with E-state index in [1.807, 2.05) is 0 Å². The van der Waals surface area contributed by atoms with Gasteiger partial charge in [0.1, 0.15) is 0 Å². The van der Waals surface area contributed by atoms with E-state index in [4.69, 9.17) is 0 Å². The summed E-state index contributed by atoms with van der Waals surface area (Å²) >= 11 is 0. The average molecular weight is 467 g/mol. The highest BCUT2D eigenvalue weighted by atomic mass is 127. The van der Waals surface area contributed by atoms with Gasteiger partial charge in [0.2, 0.25) is 5.91 Å². The highest BCUT2D eigenvalue weighted by Gasteiger charge is 2.28. The third-order valence-electron chi connectivity index (χ3n) is 4.04. The molecule has 0 aromatic heterocycles. The molecular weight excluding hydrogens is 429 g/mol. The van der Waals surface area contributed by atoms with E-state index < -0.39 is 0 Å². The van der Waals surface area contributed by atoms with E-state index in [2.05, 4.69) is 46.9 Å². The fourth-order valence-electron chi connectivity index (χ4n) is 2.46. The molecule has 0 spiro atoms. The summed E-state index contributed by atoms with van der Waals surface area (Å²) in [5.74, 6) is 1.34. The van der Waals surface area contributed by atoms with Crippen molar-refractivity contribution in [1.29, 1.82) is 0 Å². The number of hydrogen-bond acceptors (Lipinski definition) is 3. The Morgan fingerprint density at radius 3 is 2.28 bits per heavy atom. The smallest absolute Gasteiger partial charge is 0.223 e. The van der Waals surface area contributed by atoms with Crippen LogP contribution in [0.25, 0.3) is 0 Å². The SMILES string of the molecule is CCNC(=NCCCCCCCN(C)C)NCCNC(=O)C1CC1.I. The second-order valence-electron chi connectivity index (χ2n) is 6.82. The van der Waals surface area contributed by atoms with Gasteiger partial charge in [-0.1, -0.05) is 19.3 Å². The summed E-state index contributed by atoms with van der Waals surface area (Å²) in [5, 5.41) is 9.49. The van der Waals surface area contributed by atoms with Crippen molar-refractivity contribution in [2.45, 2.75) is 51.9 Å². The summed E-state index contributed by atoms with van der Waals surface area (Å²) < 4.78 is 0. The number of unbranched alkanes of at least 4 members (excludes halogenated alkanes) is 4. The highest BCUT2D eigenvalue weighted by Crippen LogP contribution is 2.28. The molecule has 6 nitrogen and oxygen atoms in total. The van der Waals surface area contributed by atoms with Crippen molar-refractivity contribution in [3.8, 4) is 0 Å². The first kappa shape index (κ1) is 24.4. The van der Waals surface area contributed by atoms with Gasteiger partial charge in [-0.15, -0.1) is 24.0 Å². The van der Waals surface area contributed by atoms with Crippen LogP contribution in [-0.2, 0) is 4.79 Å². The molecule has 1 saturated carbocycles. The molecule has 3 N–H and O–H groups in total. The van der Waals surface area contributed by atoms with Crippen LogP contribution < -0.4 is 16.0 Å². The van der Waals surface area contributed by atoms with Crippen LogP contribution in [0.1, 0.15) is 51.9 Å². The van der Waals surface area contributed by atoms with Crippen molar-refractivity contribution >= 4 is 35.8 Å². The van der Waals surface area contributed by atoms with Crippen molar-refractivity contribution in [2.75, 3.05) is 46.8 Å². The predicted octanol–water partition coefficient (Wildman–Crippen LogP) is 2.20. The molecule has 0 unspecified atom stereocenters. The summed E-state index contributed by atoms with van der Waals surface area (Å²) in [6.45, 7) is 6.34. The molecule has 1 aliphatic carbocycles. The molecule has 1 rings (SSSR count). The van der Waals surface area contributed by atoms with Crippen LogP contribution in [0.5, 0.6) is 0 Å². The lowest BCUT2D eigenvalue weighted by Gasteiger charge is -2.12. The lowest BCUT2D eigenvalue weighted by Crippen LogP contribution is -2.41. The van der Waals surface area contributed by atoms with E-state index in [0.29, 0.717) is 6.54 Å². The molecule has 7 heteroatoms. The Hall–Kier alpha value is -0.570. The molecule has 0 aromatic rings. The minimum absolute atomic E-state index is 0. The van der Waals surface area contributed by atoms with Gasteiger partial charge in [-0.05, 0) is 53.2 Å². The molecule has 0 saturated heterocycles. The molecule has 0 radical (unpaired) electrons. The fraction of sp³-hybridized carbons (Fsp3) is 0.889. The first-order chi connectivity index (χ1) is 11.6. The molecule has 1 fully saturated rings. The summed E-state index contributed by atoms with van der Waals surface area (Å²) in [6.07, 6.45) is 8.37. The summed E-state index contributed by atoms with van der Waals surface area (Å²) in [6, 6.07) is 0. The molecule has 1 aliphatic rings. The van der Waals surface area contributed by atoms with Gasteiger partial charge in [0.25, 0.3) is 0 Å². The molecule has 0 aromatic carbocycles.